The smallest absolute Gasteiger partial charge is 0.226 e. The first-order valence-corrected chi connectivity index (χ1v) is 7.67. The quantitative estimate of drug-likeness (QED) is 0.836. The van der Waals surface area contributed by atoms with Crippen LogP contribution < -0.4 is 5.32 Å². The van der Waals surface area contributed by atoms with E-state index in [0.29, 0.717) is 11.9 Å². The Kier molecular flexibility index (Phi) is 5.04. The second-order valence-electron chi connectivity index (χ2n) is 6.21. The maximum absolute atomic E-state index is 12.5. The molecule has 104 valence electrons. The van der Waals surface area contributed by atoms with Crippen molar-refractivity contribution >= 4 is 5.91 Å². The molecule has 0 aromatic heterocycles. The summed E-state index contributed by atoms with van der Waals surface area (Å²) in [5.74, 6) is 1.31. The van der Waals surface area contributed by atoms with Crippen molar-refractivity contribution in [3.63, 3.8) is 0 Å². The van der Waals surface area contributed by atoms with Crippen LogP contribution in [0.2, 0.25) is 0 Å². The number of hydrogen-bond acceptors (Lipinski definition) is 2. The molecule has 2 atom stereocenters. The predicted octanol–water partition coefficient (Wildman–Crippen LogP) is 2.41. The number of piperidine rings is 1. The summed E-state index contributed by atoms with van der Waals surface area (Å²) in [6.07, 6.45) is 8.92. The van der Waals surface area contributed by atoms with Gasteiger partial charge in [-0.25, -0.2) is 0 Å². The van der Waals surface area contributed by atoms with Gasteiger partial charge in [-0.05, 0) is 45.1 Å². The number of nitrogens with one attached hydrogen (secondary N) is 1. The van der Waals surface area contributed by atoms with Crippen LogP contribution in [0.5, 0.6) is 0 Å². The Hall–Kier alpha value is -0.570. The summed E-state index contributed by atoms with van der Waals surface area (Å²) < 4.78 is 0. The third-order valence-corrected chi connectivity index (χ3v) is 4.71. The topological polar surface area (TPSA) is 32.3 Å². The van der Waals surface area contributed by atoms with Crippen molar-refractivity contribution in [3.8, 4) is 0 Å². The van der Waals surface area contributed by atoms with E-state index in [-0.39, 0.29) is 5.92 Å². The maximum Gasteiger partial charge on any atom is 0.226 e. The molecule has 2 aliphatic rings. The number of rotatable bonds is 3. The molecule has 0 aromatic rings. The van der Waals surface area contributed by atoms with Gasteiger partial charge in [0.1, 0.15) is 0 Å². The van der Waals surface area contributed by atoms with E-state index in [2.05, 4.69) is 12.2 Å². The molecule has 0 spiro atoms. The molecule has 18 heavy (non-hydrogen) atoms. The van der Waals surface area contributed by atoms with Crippen LogP contribution in [0, 0.1) is 11.8 Å². The largest absolute Gasteiger partial charge is 0.345 e. The summed E-state index contributed by atoms with van der Waals surface area (Å²) >= 11 is 0. The standard InChI is InChI=1S/C15H28N2O/c1-12-14(9-6-10-16-12)15(18)17(2)11-13-7-4-3-5-8-13/h12-14,16H,3-11H2,1-2H3. The van der Waals surface area contributed by atoms with Crippen LogP contribution in [0.25, 0.3) is 0 Å². The van der Waals surface area contributed by atoms with Crippen molar-refractivity contribution in [2.45, 2.75) is 57.9 Å². The molecule has 1 N–H and O–H groups in total. The Morgan fingerprint density at radius 3 is 2.56 bits per heavy atom. The molecule has 2 rings (SSSR count). The zero-order chi connectivity index (χ0) is 13.0. The summed E-state index contributed by atoms with van der Waals surface area (Å²) in [7, 11) is 2.00. The Balaban J connectivity index is 1.83. The Morgan fingerprint density at radius 2 is 1.89 bits per heavy atom. The third-order valence-electron chi connectivity index (χ3n) is 4.71. The fourth-order valence-corrected chi connectivity index (χ4v) is 3.51. The minimum Gasteiger partial charge on any atom is -0.345 e. The van der Waals surface area contributed by atoms with Crippen LogP contribution >= 0.6 is 0 Å². The lowest BCUT2D eigenvalue weighted by Gasteiger charge is -2.34. The van der Waals surface area contributed by atoms with Gasteiger partial charge in [0, 0.05) is 19.6 Å². The Labute approximate surface area is 111 Å². The fraction of sp³-hybridized carbons (Fsp3) is 0.933. The van der Waals surface area contributed by atoms with Crippen LogP contribution in [0.4, 0.5) is 0 Å². The van der Waals surface area contributed by atoms with Gasteiger partial charge < -0.3 is 10.2 Å². The average Bonchev–Trinajstić information content (AvgIpc) is 2.39. The van der Waals surface area contributed by atoms with Crippen LogP contribution in [0.15, 0.2) is 0 Å². The first-order valence-electron chi connectivity index (χ1n) is 7.67. The van der Waals surface area contributed by atoms with Crippen LogP contribution in [0.3, 0.4) is 0 Å². The molecule has 3 nitrogen and oxygen atoms in total. The van der Waals surface area contributed by atoms with Gasteiger partial charge in [0.15, 0.2) is 0 Å². The maximum atomic E-state index is 12.5. The minimum absolute atomic E-state index is 0.201. The molecule has 1 heterocycles. The van der Waals surface area contributed by atoms with Gasteiger partial charge in [-0.1, -0.05) is 19.3 Å². The molecule has 1 amide bonds. The molecule has 1 saturated heterocycles. The molecule has 0 aromatic carbocycles. The highest BCUT2D eigenvalue weighted by molar-refractivity contribution is 5.79. The van der Waals surface area contributed by atoms with E-state index in [9.17, 15) is 4.79 Å². The van der Waals surface area contributed by atoms with Crippen molar-refractivity contribution in [2.24, 2.45) is 11.8 Å². The first kappa shape index (κ1) is 13.9. The molecule has 1 saturated carbocycles. The molecule has 0 radical (unpaired) electrons. The monoisotopic (exact) mass is 252 g/mol. The predicted molar refractivity (Wildman–Crippen MR) is 74.4 cm³/mol. The highest BCUT2D eigenvalue weighted by Crippen LogP contribution is 2.25. The van der Waals surface area contributed by atoms with Gasteiger partial charge in [-0.3, -0.25) is 4.79 Å². The second-order valence-corrected chi connectivity index (χ2v) is 6.21. The van der Waals surface area contributed by atoms with Gasteiger partial charge in [-0.2, -0.15) is 0 Å². The number of amides is 1. The Morgan fingerprint density at radius 1 is 1.17 bits per heavy atom. The molecular weight excluding hydrogens is 224 g/mol. The number of hydrogen-bond donors (Lipinski definition) is 1. The van der Waals surface area contributed by atoms with Crippen molar-refractivity contribution < 1.29 is 4.79 Å². The van der Waals surface area contributed by atoms with Crippen LogP contribution in [0.1, 0.15) is 51.9 Å². The lowest BCUT2D eigenvalue weighted by atomic mass is 9.87. The van der Waals surface area contributed by atoms with E-state index in [1.54, 1.807) is 0 Å². The SMILES string of the molecule is CC1NCCCC1C(=O)N(C)CC1CCCCC1. The van der Waals surface area contributed by atoms with Crippen LogP contribution in [-0.4, -0.2) is 37.0 Å². The molecule has 1 aliphatic heterocycles. The normalized spacial score (nSPS) is 30.1. The molecular formula is C15H28N2O. The van der Waals surface area contributed by atoms with E-state index in [4.69, 9.17) is 0 Å². The average molecular weight is 252 g/mol. The minimum atomic E-state index is 0.201. The third kappa shape index (κ3) is 3.47. The number of nitrogens with zero attached hydrogens (tertiary/aromatic N) is 1. The Bertz CT molecular complexity index is 274. The summed E-state index contributed by atoms with van der Waals surface area (Å²) in [6, 6.07) is 0.347. The van der Waals surface area contributed by atoms with Crippen molar-refractivity contribution in [1.82, 2.24) is 10.2 Å². The lowest BCUT2D eigenvalue weighted by molar-refractivity contribution is -0.136. The first-order chi connectivity index (χ1) is 8.68. The molecule has 0 bridgehead atoms. The summed E-state index contributed by atoms with van der Waals surface area (Å²) in [4.78, 5) is 14.5. The van der Waals surface area contributed by atoms with E-state index in [1.807, 2.05) is 11.9 Å². The van der Waals surface area contributed by atoms with E-state index < -0.39 is 0 Å². The van der Waals surface area contributed by atoms with Gasteiger partial charge in [-0.15, -0.1) is 0 Å². The second kappa shape index (κ2) is 6.55. The summed E-state index contributed by atoms with van der Waals surface area (Å²) in [5, 5.41) is 3.42. The number of carbonyl (C=O) groups is 1. The van der Waals surface area contributed by atoms with Crippen LogP contribution in [-0.2, 0) is 4.79 Å². The summed E-state index contributed by atoms with van der Waals surface area (Å²) in [6.45, 7) is 4.19. The summed E-state index contributed by atoms with van der Waals surface area (Å²) in [5.41, 5.74) is 0. The van der Waals surface area contributed by atoms with Crippen molar-refractivity contribution in [1.29, 1.82) is 0 Å². The number of carbonyl (C=O) groups excluding carboxylic acids is 1. The van der Waals surface area contributed by atoms with E-state index in [0.717, 1.165) is 31.8 Å². The molecule has 1 aliphatic carbocycles. The zero-order valence-corrected chi connectivity index (χ0v) is 12.0. The van der Waals surface area contributed by atoms with E-state index >= 15 is 0 Å². The van der Waals surface area contributed by atoms with Crippen molar-refractivity contribution in [2.75, 3.05) is 20.1 Å². The lowest BCUT2D eigenvalue weighted by Crippen LogP contribution is -2.48. The van der Waals surface area contributed by atoms with Crippen molar-refractivity contribution in [3.05, 3.63) is 0 Å². The van der Waals surface area contributed by atoms with Gasteiger partial charge in [0.05, 0.1) is 5.92 Å². The highest BCUT2D eigenvalue weighted by atomic mass is 16.2. The van der Waals surface area contributed by atoms with Gasteiger partial charge in [0.2, 0.25) is 5.91 Å². The zero-order valence-electron chi connectivity index (χ0n) is 12.0. The van der Waals surface area contributed by atoms with E-state index in [1.165, 1.54) is 32.1 Å². The fourth-order valence-electron chi connectivity index (χ4n) is 3.51. The highest BCUT2D eigenvalue weighted by Gasteiger charge is 2.30. The van der Waals surface area contributed by atoms with Gasteiger partial charge in [0.25, 0.3) is 0 Å². The molecule has 2 fully saturated rings. The van der Waals surface area contributed by atoms with Gasteiger partial charge >= 0.3 is 0 Å². The molecule has 3 heteroatoms. The molecule has 2 unspecified atom stereocenters.